The lowest BCUT2D eigenvalue weighted by atomic mass is 10.1. The van der Waals surface area contributed by atoms with E-state index in [4.69, 9.17) is 4.52 Å². The van der Waals surface area contributed by atoms with Gasteiger partial charge in [-0.1, -0.05) is 17.3 Å². The summed E-state index contributed by atoms with van der Waals surface area (Å²) in [5, 5.41) is 4.94. The largest absolute Gasteiger partial charge is 0.361 e. The molecule has 2 aromatic heterocycles. The maximum absolute atomic E-state index is 12.9. The van der Waals surface area contributed by atoms with Gasteiger partial charge in [0.05, 0.1) is 11.2 Å². The molecule has 3 aromatic rings. The summed E-state index contributed by atoms with van der Waals surface area (Å²) in [4.78, 5) is 25.9. The second-order valence-electron chi connectivity index (χ2n) is 6.55. The minimum atomic E-state index is -0.00403. The van der Waals surface area contributed by atoms with E-state index in [1.807, 2.05) is 29.2 Å². The summed E-state index contributed by atoms with van der Waals surface area (Å²) in [6, 6.07) is 8.01. The van der Waals surface area contributed by atoms with E-state index in [0.29, 0.717) is 30.1 Å². The predicted molar refractivity (Wildman–Crippen MR) is 98.2 cm³/mol. The van der Waals surface area contributed by atoms with Crippen LogP contribution in [-0.4, -0.2) is 52.1 Å². The Balaban J connectivity index is 1.56. The van der Waals surface area contributed by atoms with Crippen molar-refractivity contribution in [1.29, 1.82) is 0 Å². The van der Waals surface area contributed by atoms with Crippen LogP contribution in [0.15, 0.2) is 35.1 Å². The number of aryl methyl sites for hydroxylation is 2. The Labute approximate surface area is 151 Å². The zero-order valence-electron chi connectivity index (χ0n) is 15.0. The maximum Gasteiger partial charge on any atom is 0.259 e. The topological polar surface area (TPSA) is 75.4 Å². The number of benzene rings is 1. The zero-order chi connectivity index (χ0) is 18.1. The summed E-state index contributed by atoms with van der Waals surface area (Å²) in [6.45, 7) is 6.53. The number of fused-ring (bicyclic) bond motifs is 1. The molecule has 0 unspecified atom stereocenters. The monoisotopic (exact) mass is 351 g/mol. The third-order valence-electron chi connectivity index (χ3n) is 4.85. The number of nitrogens with zero attached hydrogens (tertiary/aromatic N) is 5. The normalized spacial score (nSPS) is 15.3. The van der Waals surface area contributed by atoms with Gasteiger partial charge in [0.2, 0.25) is 0 Å². The summed E-state index contributed by atoms with van der Waals surface area (Å²) >= 11 is 0. The molecule has 1 saturated heterocycles. The minimum absolute atomic E-state index is 0.00403. The fourth-order valence-electron chi connectivity index (χ4n) is 3.52. The number of hydrogen-bond donors (Lipinski definition) is 0. The number of aromatic nitrogens is 3. The highest BCUT2D eigenvalue weighted by molar-refractivity contribution is 5.96. The average molecular weight is 351 g/mol. The number of para-hydroxylation sites is 1. The van der Waals surface area contributed by atoms with Crippen LogP contribution in [0.25, 0.3) is 10.9 Å². The van der Waals surface area contributed by atoms with Crippen molar-refractivity contribution in [1.82, 2.24) is 20.0 Å². The summed E-state index contributed by atoms with van der Waals surface area (Å²) in [5.41, 5.74) is 2.17. The second kappa shape index (κ2) is 6.74. The van der Waals surface area contributed by atoms with Crippen molar-refractivity contribution < 1.29 is 9.32 Å². The molecule has 1 aliphatic rings. The molecule has 0 aliphatic carbocycles. The van der Waals surface area contributed by atoms with E-state index >= 15 is 0 Å². The van der Waals surface area contributed by atoms with Crippen molar-refractivity contribution in [2.75, 3.05) is 31.1 Å². The zero-order valence-corrected chi connectivity index (χ0v) is 15.0. The number of carbonyl (C=O) groups is 1. The average Bonchev–Trinajstić information content (AvgIpc) is 2.86. The SMILES string of the molecule is Cc1noc(C)c1C(=O)N1CCCN(c2ncnc3ccccc23)CC1. The van der Waals surface area contributed by atoms with Crippen LogP contribution in [0.3, 0.4) is 0 Å². The molecule has 1 aliphatic heterocycles. The first-order valence-corrected chi connectivity index (χ1v) is 8.82. The predicted octanol–water partition coefficient (Wildman–Crippen LogP) is 2.59. The molecule has 0 spiro atoms. The Bertz CT molecular complexity index is 927. The highest BCUT2D eigenvalue weighted by Gasteiger charge is 2.26. The van der Waals surface area contributed by atoms with Crippen LogP contribution >= 0.6 is 0 Å². The van der Waals surface area contributed by atoms with Gasteiger partial charge in [0.15, 0.2) is 0 Å². The van der Waals surface area contributed by atoms with Gasteiger partial charge in [-0.3, -0.25) is 4.79 Å². The van der Waals surface area contributed by atoms with Crippen LogP contribution < -0.4 is 4.90 Å². The lowest BCUT2D eigenvalue weighted by molar-refractivity contribution is 0.0764. The molecule has 1 aromatic carbocycles. The van der Waals surface area contributed by atoms with Crippen molar-refractivity contribution in [2.24, 2.45) is 0 Å². The van der Waals surface area contributed by atoms with Crippen molar-refractivity contribution in [2.45, 2.75) is 20.3 Å². The summed E-state index contributed by atoms with van der Waals surface area (Å²) < 4.78 is 5.15. The van der Waals surface area contributed by atoms with Crippen molar-refractivity contribution in [3.8, 4) is 0 Å². The quantitative estimate of drug-likeness (QED) is 0.706. The number of rotatable bonds is 2. The molecule has 0 radical (unpaired) electrons. The van der Waals surface area contributed by atoms with Gasteiger partial charge in [0.25, 0.3) is 5.91 Å². The van der Waals surface area contributed by atoms with E-state index in [9.17, 15) is 4.79 Å². The molecular formula is C19H21N5O2. The third kappa shape index (κ3) is 2.89. The lowest BCUT2D eigenvalue weighted by Gasteiger charge is -2.23. The minimum Gasteiger partial charge on any atom is -0.361 e. The number of hydrogen-bond acceptors (Lipinski definition) is 6. The van der Waals surface area contributed by atoms with Gasteiger partial charge in [0, 0.05) is 31.6 Å². The van der Waals surface area contributed by atoms with E-state index in [2.05, 4.69) is 20.0 Å². The van der Waals surface area contributed by atoms with Crippen molar-refractivity contribution >= 4 is 22.6 Å². The lowest BCUT2D eigenvalue weighted by Crippen LogP contribution is -2.35. The Morgan fingerprint density at radius 1 is 1.08 bits per heavy atom. The first kappa shape index (κ1) is 16.5. The van der Waals surface area contributed by atoms with E-state index < -0.39 is 0 Å². The highest BCUT2D eigenvalue weighted by Crippen LogP contribution is 2.24. The van der Waals surface area contributed by atoms with Crippen LogP contribution in [0.5, 0.6) is 0 Å². The van der Waals surface area contributed by atoms with Crippen LogP contribution in [0.1, 0.15) is 28.2 Å². The van der Waals surface area contributed by atoms with Gasteiger partial charge >= 0.3 is 0 Å². The second-order valence-corrected chi connectivity index (χ2v) is 6.55. The molecule has 0 atom stereocenters. The molecule has 26 heavy (non-hydrogen) atoms. The fraction of sp³-hybridized carbons (Fsp3) is 0.368. The number of anilines is 1. The summed E-state index contributed by atoms with van der Waals surface area (Å²) in [6.07, 6.45) is 2.49. The maximum atomic E-state index is 12.9. The summed E-state index contributed by atoms with van der Waals surface area (Å²) in [7, 11) is 0. The van der Waals surface area contributed by atoms with Gasteiger partial charge in [0.1, 0.15) is 23.5 Å². The van der Waals surface area contributed by atoms with Gasteiger partial charge in [-0.15, -0.1) is 0 Å². The fourth-order valence-corrected chi connectivity index (χ4v) is 3.52. The van der Waals surface area contributed by atoms with Crippen molar-refractivity contribution in [3.05, 3.63) is 47.6 Å². The molecular weight excluding hydrogens is 330 g/mol. The van der Waals surface area contributed by atoms with E-state index in [1.165, 1.54) is 0 Å². The van der Waals surface area contributed by atoms with Gasteiger partial charge in [-0.2, -0.15) is 0 Å². The Kier molecular flexibility index (Phi) is 4.28. The van der Waals surface area contributed by atoms with Crippen molar-refractivity contribution in [3.63, 3.8) is 0 Å². The first-order chi connectivity index (χ1) is 12.6. The summed E-state index contributed by atoms with van der Waals surface area (Å²) in [5.74, 6) is 1.51. The first-order valence-electron chi connectivity index (χ1n) is 8.82. The Hall–Kier alpha value is -2.96. The van der Waals surface area contributed by atoms with E-state index in [0.717, 1.165) is 36.2 Å². The van der Waals surface area contributed by atoms with Gasteiger partial charge in [-0.05, 0) is 32.4 Å². The Morgan fingerprint density at radius 2 is 1.92 bits per heavy atom. The number of carbonyl (C=O) groups excluding carboxylic acids is 1. The third-order valence-corrected chi connectivity index (χ3v) is 4.85. The van der Waals surface area contributed by atoms with Crippen LogP contribution in [0, 0.1) is 13.8 Å². The molecule has 3 heterocycles. The van der Waals surface area contributed by atoms with Crippen LogP contribution in [0.2, 0.25) is 0 Å². The van der Waals surface area contributed by atoms with Gasteiger partial charge < -0.3 is 14.3 Å². The van der Waals surface area contributed by atoms with E-state index in [1.54, 1.807) is 20.2 Å². The van der Waals surface area contributed by atoms with Gasteiger partial charge in [-0.25, -0.2) is 9.97 Å². The van der Waals surface area contributed by atoms with E-state index in [-0.39, 0.29) is 5.91 Å². The molecule has 0 saturated carbocycles. The van der Waals surface area contributed by atoms with Crippen LogP contribution in [-0.2, 0) is 0 Å². The highest BCUT2D eigenvalue weighted by atomic mass is 16.5. The molecule has 0 N–H and O–H groups in total. The molecule has 0 bridgehead atoms. The molecule has 7 nitrogen and oxygen atoms in total. The van der Waals surface area contributed by atoms with Crippen LogP contribution in [0.4, 0.5) is 5.82 Å². The molecule has 1 fully saturated rings. The number of amides is 1. The molecule has 134 valence electrons. The molecule has 7 heteroatoms. The molecule has 4 rings (SSSR count). The smallest absolute Gasteiger partial charge is 0.259 e. The standard InChI is InChI=1S/C19H21N5O2/c1-13-17(14(2)26-22-13)19(25)24-9-5-8-23(10-11-24)18-15-6-3-4-7-16(15)20-12-21-18/h3-4,6-7,12H,5,8-11H2,1-2H3. The Morgan fingerprint density at radius 3 is 2.73 bits per heavy atom. The molecule has 1 amide bonds.